The lowest BCUT2D eigenvalue weighted by Crippen LogP contribution is -2.56. The molecule has 0 aromatic heterocycles. The highest BCUT2D eigenvalue weighted by Gasteiger charge is 2.48. The molecule has 3 rings (SSSR count). The maximum Gasteiger partial charge on any atom is 0.410 e. The van der Waals surface area contributed by atoms with Gasteiger partial charge in [0.05, 0.1) is 6.42 Å². The topological polar surface area (TPSA) is 66.8 Å². The van der Waals surface area contributed by atoms with Gasteiger partial charge in [-0.3, -0.25) is 4.79 Å². The molecule has 1 saturated heterocycles. The van der Waals surface area contributed by atoms with Crippen LogP contribution < -0.4 is 0 Å². The van der Waals surface area contributed by atoms with Crippen molar-refractivity contribution in [2.24, 2.45) is 5.41 Å². The van der Waals surface area contributed by atoms with Gasteiger partial charge < -0.3 is 14.7 Å². The Morgan fingerprint density at radius 3 is 2.67 bits per heavy atom. The Balaban J connectivity index is 1.69. The third kappa shape index (κ3) is 3.55. The third-order valence-electron chi connectivity index (χ3n) is 5.50. The zero-order valence-corrected chi connectivity index (χ0v) is 13.9. The second-order valence-corrected chi connectivity index (χ2v) is 7.03. The van der Waals surface area contributed by atoms with Gasteiger partial charge in [-0.1, -0.05) is 43.2 Å². The van der Waals surface area contributed by atoms with Crippen molar-refractivity contribution < 1.29 is 19.4 Å². The van der Waals surface area contributed by atoms with Gasteiger partial charge in [0.1, 0.15) is 6.61 Å². The molecule has 0 unspecified atom stereocenters. The number of carbonyl (C=O) groups excluding carboxylic acids is 1. The largest absolute Gasteiger partial charge is 0.481 e. The van der Waals surface area contributed by atoms with Crippen molar-refractivity contribution in [3.05, 3.63) is 35.9 Å². The van der Waals surface area contributed by atoms with Crippen molar-refractivity contribution in [3.8, 4) is 0 Å². The third-order valence-corrected chi connectivity index (χ3v) is 5.50. The van der Waals surface area contributed by atoms with Crippen LogP contribution >= 0.6 is 0 Å². The minimum absolute atomic E-state index is 0.000580. The molecule has 1 heterocycles. The fraction of sp³-hybridized carbons (Fsp3) is 0.579. The van der Waals surface area contributed by atoms with Gasteiger partial charge in [-0.25, -0.2) is 4.79 Å². The summed E-state index contributed by atoms with van der Waals surface area (Å²) in [6, 6.07) is 9.63. The van der Waals surface area contributed by atoms with E-state index in [-0.39, 0.29) is 30.6 Å². The lowest BCUT2D eigenvalue weighted by molar-refractivity contribution is -0.143. The SMILES string of the molecule is O=C(O)C[C@]12CCCC[C@@H]1N(C(=O)OCc1ccccc1)CCC2. The molecule has 1 aliphatic carbocycles. The maximum absolute atomic E-state index is 12.6. The van der Waals surface area contributed by atoms with Crippen LogP contribution in [0.3, 0.4) is 0 Å². The van der Waals surface area contributed by atoms with Crippen LogP contribution in [0.25, 0.3) is 0 Å². The van der Waals surface area contributed by atoms with Crippen LogP contribution in [0.4, 0.5) is 4.79 Å². The summed E-state index contributed by atoms with van der Waals surface area (Å²) in [5.41, 5.74) is 0.692. The van der Waals surface area contributed by atoms with Crippen LogP contribution in [0, 0.1) is 5.41 Å². The molecular formula is C19H25NO4. The number of rotatable bonds is 4. The number of benzene rings is 1. The van der Waals surface area contributed by atoms with E-state index in [1.807, 2.05) is 30.3 Å². The number of nitrogens with zero attached hydrogens (tertiary/aromatic N) is 1. The molecule has 1 N–H and O–H groups in total. The van der Waals surface area contributed by atoms with Crippen molar-refractivity contribution in [1.29, 1.82) is 0 Å². The number of ether oxygens (including phenoxy) is 1. The lowest BCUT2D eigenvalue weighted by atomic mass is 9.63. The number of likely N-dealkylation sites (tertiary alicyclic amines) is 1. The number of carbonyl (C=O) groups is 2. The molecule has 1 amide bonds. The summed E-state index contributed by atoms with van der Waals surface area (Å²) in [5.74, 6) is -0.763. The van der Waals surface area contributed by atoms with Crippen LogP contribution in [0.2, 0.25) is 0 Å². The first-order valence-electron chi connectivity index (χ1n) is 8.80. The zero-order valence-electron chi connectivity index (χ0n) is 13.9. The Morgan fingerprint density at radius 1 is 1.17 bits per heavy atom. The van der Waals surface area contributed by atoms with Crippen LogP contribution in [-0.4, -0.2) is 34.7 Å². The summed E-state index contributed by atoms with van der Waals surface area (Å²) in [5, 5.41) is 9.34. The molecule has 24 heavy (non-hydrogen) atoms. The summed E-state index contributed by atoms with van der Waals surface area (Å²) < 4.78 is 5.51. The summed E-state index contributed by atoms with van der Waals surface area (Å²) in [6.45, 7) is 0.925. The van der Waals surface area contributed by atoms with Gasteiger partial charge in [0, 0.05) is 18.0 Å². The van der Waals surface area contributed by atoms with Gasteiger partial charge in [-0.15, -0.1) is 0 Å². The van der Waals surface area contributed by atoms with E-state index in [9.17, 15) is 14.7 Å². The first-order valence-corrected chi connectivity index (χ1v) is 8.80. The Morgan fingerprint density at radius 2 is 1.92 bits per heavy atom. The maximum atomic E-state index is 12.6. The van der Waals surface area contributed by atoms with Crippen molar-refractivity contribution in [2.45, 2.75) is 57.6 Å². The number of carboxylic acids is 1. The van der Waals surface area contributed by atoms with Crippen LogP contribution in [0.1, 0.15) is 50.5 Å². The zero-order chi connectivity index (χ0) is 17.0. The smallest absolute Gasteiger partial charge is 0.410 e. The van der Waals surface area contributed by atoms with Gasteiger partial charge in [0.25, 0.3) is 0 Å². The summed E-state index contributed by atoms with van der Waals surface area (Å²) in [7, 11) is 0. The average molecular weight is 331 g/mol. The number of hydrogen-bond donors (Lipinski definition) is 1. The van der Waals surface area contributed by atoms with Crippen molar-refractivity contribution in [3.63, 3.8) is 0 Å². The van der Waals surface area contributed by atoms with Crippen LogP contribution in [-0.2, 0) is 16.1 Å². The molecule has 5 heteroatoms. The van der Waals surface area contributed by atoms with Gasteiger partial charge >= 0.3 is 12.1 Å². The lowest BCUT2D eigenvalue weighted by Gasteiger charge is -2.51. The molecule has 5 nitrogen and oxygen atoms in total. The second-order valence-electron chi connectivity index (χ2n) is 7.03. The van der Waals surface area contributed by atoms with E-state index in [2.05, 4.69) is 0 Å². The number of carboxylic acid groups (broad SMARTS) is 1. The summed E-state index contributed by atoms with van der Waals surface area (Å²) in [4.78, 5) is 25.8. The highest BCUT2D eigenvalue weighted by molar-refractivity contribution is 5.70. The van der Waals surface area contributed by atoms with Crippen LogP contribution in [0.15, 0.2) is 30.3 Å². The second kappa shape index (κ2) is 7.24. The van der Waals surface area contributed by atoms with E-state index < -0.39 is 5.97 Å². The van der Waals surface area contributed by atoms with E-state index in [0.717, 1.165) is 44.1 Å². The quantitative estimate of drug-likeness (QED) is 0.911. The molecule has 2 aliphatic rings. The molecule has 0 bridgehead atoms. The van der Waals surface area contributed by atoms with Crippen molar-refractivity contribution >= 4 is 12.1 Å². The summed E-state index contributed by atoms with van der Waals surface area (Å²) in [6.07, 6.45) is 5.47. The molecule has 2 fully saturated rings. The highest BCUT2D eigenvalue weighted by atomic mass is 16.6. The number of amides is 1. The Bertz CT molecular complexity index is 584. The van der Waals surface area contributed by atoms with Crippen molar-refractivity contribution in [1.82, 2.24) is 4.90 Å². The van der Waals surface area contributed by atoms with Gasteiger partial charge in [0.15, 0.2) is 0 Å². The minimum atomic E-state index is -0.763. The predicted molar refractivity (Wildman–Crippen MR) is 89.5 cm³/mol. The predicted octanol–water partition coefficient (Wildman–Crippen LogP) is 3.82. The van der Waals surface area contributed by atoms with Crippen LogP contribution in [0.5, 0.6) is 0 Å². The fourth-order valence-electron chi connectivity index (χ4n) is 4.44. The molecule has 1 saturated carbocycles. The van der Waals surface area contributed by atoms with Gasteiger partial charge in [0.2, 0.25) is 0 Å². The molecular weight excluding hydrogens is 306 g/mol. The van der Waals surface area contributed by atoms with E-state index in [1.165, 1.54) is 0 Å². The minimum Gasteiger partial charge on any atom is -0.481 e. The fourth-order valence-corrected chi connectivity index (χ4v) is 4.44. The Labute approximate surface area is 142 Å². The number of aliphatic carboxylic acids is 1. The number of piperidine rings is 1. The molecule has 0 spiro atoms. The van der Waals surface area contributed by atoms with E-state index in [4.69, 9.17) is 4.74 Å². The molecule has 2 atom stereocenters. The number of fused-ring (bicyclic) bond motifs is 1. The van der Waals surface area contributed by atoms with E-state index >= 15 is 0 Å². The Kier molecular flexibility index (Phi) is 5.07. The molecule has 1 aliphatic heterocycles. The first-order chi connectivity index (χ1) is 11.6. The molecule has 1 aromatic rings. The highest BCUT2D eigenvalue weighted by Crippen LogP contribution is 2.48. The first kappa shape index (κ1) is 16.8. The average Bonchev–Trinajstić information content (AvgIpc) is 2.59. The van der Waals surface area contributed by atoms with E-state index in [0.29, 0.717) is 6.54 Å². The van der Waals surface area contributed by atoms with Gasteiger partial charge in [-0.2, -0.15) is 0 Å². The van der Waals surface area contributed by atoms with Crippen molar-refractivity contribution in [2.75, 3.05) is 6.54 Å². The monoisotopic (exact) mass is 331 g/mol. The van der Waals surface area contributed by atoms with Gasteiger partial charge in [-0.05, 0) is 31.2 Å². The number of hydrogen-bond acceptors (Lipinski definition) is 3. The van der Waals surface area contributed by atoms with E-state index in [1.54, 1.807) is 4.90 Å². The summed E-state index contributed by atoms with van der Waals surface area (Å²) >= 11 is 0. The standard InChI is InChI=1S/C19H25NO4/c21-17(22)13-19-10-5-4-9-16(19)20(12-6-11-19)18(23)24-14-15-7-2-1-3-8-15/h1-3,7-8,16H,4-6,9-14H2,(H,21,22)/t16-,19+/m0/s1. The molecule has 0 radical (unpaired) electrons. The normalized spacial score (nSPS) is 26.5. The molecule has 1 aromatic carbocycles. The molecule has 130 valence electrons. The Hall–Kier alpha value is -2.04.